The molecule has 1 aliphatic carbocycles. The van der Waals surface area contributed by atoms with Crippen LogP contribution in [0.3, 0.4) is 0 Å². The zero-order valence-corrected chi connectivity index (χ0v) is 14.0. The highest BCUT2D eigenvalue weighted by atomic mass is 19.1. The fourth-order valence-corrected chi connectivity index (χ4v) is 3.10. The molecule has 1 heterocycles. The van der Waals surface area contributed by atoms with Crippen LogP contribution in [-0.2, 0) is 0 Å². The summed E-state index contributed by atoms with van der Waals surface area (Å²) in [5, 5.41) is 9.17. The molecule has 0 spiro atoms. The van der Waals surface area contributed by atoms with Crippen molar-refractivity contribution in [2.45, 2.75) is 33.6 Å². The Balaban J connectivity index is 2.49. The summed E-state index contributed by atoms with van der Waals surface area (Å²) in [5.74, 6) is 0.290. The topological polar surface area (TPSA) is 36.7 Å². The van der Waals surface area contributed by atoms with Gasteiger partial charge >= 0.3 is 0 Å². The Hall–Kier alpha value is -2.21. The van der Waals surface area contributed by atoms with Gasteiger partial charge in [0, 0.05) is 12.6 Å². The molecule has 1 aliphatic rings. The van der Waals surface area contributed by atoms with Gasteiger partial charge in [0.05, 0.1) is 11.3 Å². The van der Waals surface area contributed by atoms with Crippen molar-refractivity contribution in [1.82, 2.24) is 4.98 Å². The fraction of sp³-hybridized carbons (Fsp3) is 0.400. The number of pyridine rings is 1. The molecule has 3 heteroatoms. The highest BCUT2D eigenvalue weighted by molar-refractivity contribution is 5.71. The monoisotopic (exact) mass is 310 g/mol. The molecule has 2 nitrogen and oxygen atoms in total. The van der Waals surface area contributed by atoms with Gasteiger partial charge in [-0.2, -0.15) is 5.26 Å². The lowest BCUT2D eigenvalue weighted by Crippen LogP contribution is -2.23. The number of hydrogen-bond donors (Lipinski definition) is 0. The van der Waals surface area contributed by atoms with Gasteiger partial charge in [0.25, 0.3) is 0 Å². The lowest BCUT2D eigenvalue weighted by molar-refractivity contribution is 0.349. The third-order valence-electron chi connectivity index (χ3n) is 4.30. The number of nitriles is 1. The fourth-order valence-electron chi connectivity index (χ4n) is 3.10. The van der Waals surface area contributed by atoms with Crippen molar-refractivity contribution >= 4 is 5.57 Å². The van der Waals surface area contributed by atoms with E-state index in [1.54, 1.807) is 12.3 Å². The van der Waals surface area contributed by atoms with E-state index in [0.29, 0.717) is 5.92 Å². The van der Waals surface area contributed by atoms with E-state index in [2.05, 4.69) is 37.9 Å². The van der Waals surface area contributed by atoms with Crippen molar-refractivity contribution in [1.29, 1.82) is 5.26 Å². The van der Waals surface area contributed by atoms with Crippen molar-refractivity contribution in [3.63, 3.8) is 0 Å². The number of aromatic nitrogens is 1. The van der Waals surface area contributed by atoms with E-state index in [1.165, 1.54) is 0 Å². The van der Waals surface area contributed by atoms with Crippen LogP contribution >= 0.6 is 0 Å². The van der Waals surface area contributed by atoms with E-state index in [0.717, 1.165) is 17.7 Å². The molecule has 0 bridgehead atoms. The average molecular weight is 310 g/mol. The Morgan fingerprint density at radius 2 is 2.22 bits per heavy atom. The van der Waals surface area contributed by atoms with E-state index in [-0.39, 0.29) is 29.7 Å². The molecular formula is C20H23FN2. The molecule has 1 aromatic heterocycles. The molecule has 0 saturated heterocycles. The summed E-state index contributed by atoms with van der Waals surface area (Å²) in [6, 6.07) is 7.68. The minimum Gasteiger partial charge on any atom is -0.257 e. The van der Waals surface area contributed by atoms with Gasteiger partial charge in [-0.3, -0.25) is 4.98 Å². The molecule has 0 N–H and O–H groups in total. The van der Waals surface area contributed by atoms with Crippen molar-refractivity contribution in [2.24, 2.45) is 17.8 Å². The van der Waals surface area contributed by atoms with E-state index in [1.807, 2.05) is 24.3 Å². The summed E-state index contributed by atoms with van der Waals surface area (Å²) >= 11 is 0. The van der Waals surface area contributed by atoms with Crippen LogP contribution in [0.2, 0.25) is 0 Å². The van der Waals surface area contributed by atoms with E-state index < -0.39 is 0 Å². The van der Waals surface area contributed by atoms with Gasteiger partial charge in [-0.05, 0) is 48.0 Å². The van der Waals surface area contributed by atoms with Crippen LogP contribution in [0.25, 0.3) is 5.57 Å². The van der Waals surface area contributed by atoms with E-state index in [4.69, 9.17) is 0 Å². The highest BCUT2D eigenvalue weighted by Crippen LogP contribution is 2.42. The Bertz CT molecular complexity index is 663. The summed E-state index contributed by atoms with van der Waals surface area (Å²) in [7, 11) is 0. The number of allylic oxidation sites excluding steroid dienone is 6. The number of hydrogen-bond acceptors (Lipinski definition) is 2. The normalized spacial score (nSPS) is 19.8. The van der Waals surface area contributed by atoms with E-state index >= 15 is 0 Å². The number of halogens is 1. The van der Waals surface area contributed by atoms with Gasteiger partial charge in [-0.1, -0.05) is 39.0 Å². The van der Waals surface area contributed by atoms with Crippen LogP contribution in [0.4, 0.5) is 4.39 Å². The molecule has 0 aliphatic heterocycles. The molecule has 2 rings (SSSR count). The molecule has 1 aromatic rings. The minimum absolute atomic E-state index is 0.00444. The molecule has 0 saturated carbocycles. The average Bonchev–Trinajstić information content (AvgIpc) is 2.56. The highest BCUT2D eigenvalue weighted by Gasteiger charge is 2.32. The number of nitrogens with zero attached hydrogens (tertiary/aromatic N) is 2. The lowest BCUT2D eigenvalue weighted by atomic mass is 9.73. The molecule has 0 amide bonds. The third-order valence-corrected chi connectivity index (χ3v) is 4.30. The first kappa shape index (κ1) is 17.1. The molecule has 2 atom stereocenters. The smallest absolute Gasteiger partial charge is 0.118 e. The first-order chi connectivity index (χ1) is 11.1. The molecule has 23 heavy (non-hydrogen) atoms. The minimum atomic E-state index is -0.312. The molecule has 0 aromatic carbocycles. The second-order valence-corrected chi connectivity index (χ2v) is 6.21. The van der Waals surface area contributed by atoms with Gasteiger partial charge in [0.2, 0.25) is 0 Å². The second kappa shape index (κ2) is 7.87. The largest absolute Gasteiger partial charge is 0.257 e. The van der Waals surface area contributed by atoms with Crippen LogP contribution < -0.4 is 0 Å². The first-order valence-corrected chi connectivity index (χ1v) is 8.16. The Morgan fingerprint density at radius 1 is 1.43 bits per heavy atom. The van der Waals surface area contributed by atoms with Crippen LogP contribution in [0.5, 0.6) is 0 Å². The van der Waals surface area contributed by atoms with Gasteiger partial charge in [-0.15, -0.1) is 0 Å². The van der Waals surface area contributed by atoms with Crippen molar-refractivity contribution in [3.05, 3.63) is 59.7 Å². The van der Waals surface area contributed by atoms with Crippen LogP contribution in [0.1, 0.15) is 39.3 Å². The number of rotatable bonds is 5. The molecule has 120 valence electrons. The second-order valence-electron chi connectivity index (χ2n) is 6.21. The Kier molecular flexibility index (Phi) is 5.87. The summed E-state index contributed by atoms with van der Waals surface area (Å²) in [5.41, 5.74) is 1.92. The van der Waals surface area contributed by atoms with E-state index in [9.17, 15) is 9.65 Å². The van der Waals surface area contributed by atoms with Crippen molar-refractivity contribution in [3.8, 4) is 6.07 Å². The lowest BCUT2D eigenvalue weighted by Gasteiger charge is -2.32. The van der Waals surface area contributed by atoms with Crippen LogP contribution in [0, 0.1) is 29.1 Å². The molecule has 0 radical (unpaired) electrons. The standard InChI is InChI=1S/C20H23FN2/c1-4-5-8-16(14(2)3)17-12-19(21)15(13-22)11-18(17)20-9-6-7-10-23-20/h5-11,14,16-17H,4,12H2,1-3H3. The van der Waals surface area contributed by atoms with Gasteiger partial charge in [0.15, 0.2) is 0 Å². The SMILES string of the molecule is CCC=CC(C(C)C)C1CC(F)=C(C#N)C=C1c1ccccn1. The maximum absolute atomic E-state index is 14.3. The summed E-state index contributed by atoms with van der Waals surface area (Å²) < 4.78 is 14.3. The maximum Gasteiger partial charge on any atom is 0.118 e. The molecular weight excluding hydrogens is 287 g/mol. The van der Waals surface area contributed by atoms with Gasteiger partial charge in [-0.25, -0.2) is 4.39 Å². The van der Waals surface area contributed by atoms with Gasteiger partial charge < -0.3 is 0 Å². The molecule has 0 fully saturated rings. The van der Waals surface area contributed by atoms with Crippen molar-refractivity contribution in [2.75, 3.05) is 0 Å². The third kappa shape index (κ3) is 3.96. The Morgan fingerprint density at radius 3 is 2.78 bits per heavy atom. The van der Waals surface area contributed by atoms with Crippen LogP contribution in [0.15, 0.2) is 54.0 Å². The van der Waals surface area contributed by atoms with Gasteiger partial charge in [0.1, 0.15) is 11.9 Å². The quantitative estimate of drug-likeness (QED) is 0.676. The summed E-state index contributed by atoms with van der Waals surface area (Å²) in [6.45, 7) is 6.41. The maximum atomic E-state index is 14.3. The van der Waals surface area contributed by atoms with Crippen LogP contribution in [-0.4, -0.2) is 4.98 Å². The molecule has 2 unspecified atom stereocenters. The Labute approximate surface area is 138 Å². The zero-order valence-electron chi connectivity index (χ0n) is 14.0. The van der Waals surface area contributed by atoms with Crippen molar-refractivity contribution < 1.29 is 4.39 Å². The predicted molar refractivity (Wildman–Crippen MR) is 91.8 cm³/mol. The summed E-state index contributed by atoms with van der Waals surface area (Å²) in [4.78, 5) is 4.42. The summed E-state index contributed by atoms with van der Waals surface area (Å²) in [6.07, 6.45) is 8.97. The first-order valence-electron chi connectivity index (χ1n) is 8.16. The predicted octanol–water partition coefficient (Wildman–Crippen LogP) is 5.47. The zero-order chi connectivity index (χ0) is 16.8.